The molecule has 0 unspecified atom stereocenters. The van der Waals surface area contributed by atoms with E-state index < -0.39 is 0 Å². The summed E-state index contributed by atoms with van der Waals surface area (Å²) in [5, 5.41) is 10.6. The molecule has 1 aliphatic rings. The number of ether oxygens (including phenoxy) is 1. The van der Waals surface area contributed by atoms with Crippen molar-refractivity contribution >= 4 is 46.9 Å². The zero-order valence-corrected chi connectivity index (χ0v) is 29.7. The van der Waals surface area contributed by atoms with Crippen LogP contribution < -0.4 is 26.8 Å². The quantitative estimate of drug-likeness (QED) is 0.169. The Balaban J connectivity index is 0.00000148. The molecule has 0 atom stereocenters. The van der Waals surface area contributed by atoms with Crippen molar-refractivity contribution in [3.63, 3.8) is 0 Å². The summed E-state index contributed by atoms with van der Waals surface area (Å²) < 4.78 is 7.79. The molecule has 3 aromatic rings. The highest BCUT2D eigenvalue weighted by atomic mass is 35.5. The minimum atomic E-state index is -0.343. The van der Waals surface area contributed by atoms with Crippen LogP contribution in [0.5, 0.6) is 5.75 Å². The number of guanidine groups is 1. The van der Waals surface area contributed by atoms with E-state index in [2.05, 4.69) is 36.4 Å². The molecule has 1 aliphatic heterocycles. The van der Waals surface area contributed by atoms with Gasteiger partial charge in [0.15, 0.2) is 5.96 Å². The molecule has 2 heterocycles. The van der Waals surface area contributed by atoms with Gasteiger partial charge in [0.05, 0.1) is 10.7 Å². The summed E-state index contributed by atoms with van der Waals surface area (Å²) in [6.07, 6.45) is 1.76. The van der Waals surface area contributed by atoms with Gasteiger partial charge < -0.3 is 31.7 Å². The molecule has 1 fully saturated rings. The van der Waals surface area contributed by atoms with Crippen molar-refractivity contribution in [3.05, 3.63) is 69.3 Å². The van der Waals surface area contributed by atoms with Crippen molar-refractivity contribution in [1.82, 2.24) is 25.3 Å². The van der Waals surface area contributed by atoms with Crippen LogP contribution in [0, 0.1) is 5.92 Å². The second kappa shape index (κ2) is 18.3. The van der Waals surface area contributed by atoms with Crippen molar-refractivity contribution < 1.29 is 19.1 Å². The Bertz CT molecular complexity index is 1590. The number of nitrogens with zero attached hydrogens (tertiary/aromatic N) is 4. The Morgan fingerprint density at radius 1 is 1.06 bits per heavy atom. The van der Waals surface area contributed by atoms with Crippen LogP contribution in [-0.2, 0) is 23.2 Å². The van der Waals surface area contributed by atoms with Crippen LogP contribution in [0.4, 0.5) is 0 Å². The van der Waals surface area contributed by atoms with E-state index in [1.807, 2.05) is 40.9 Å². The normalized spacial score (nSPS) is 13.0. The highest BCUT2D eigenvalue weighted by Gasteiger charge is 2.27. The lowest BCUT2D eigenvalue weighted by Crippen LogP contribution is -2.40. The molecule has 4 rings (SSSR count). The molecule has 260 valence electrons. The van der Waals surface area contributed by atoms with Gasteiger partial charge in [0.2, 0.25) is 11.8 Å². The van der Waals surface area contributed by atoms with Gasteiger partial charge in [-0.25, -0.2) is 4.99 Å². The molecule has 3 amide bonds. The number of aryl methyl sites for hydroxylation is 1. The molecular formula is C34H46Cl2N8O4. The number of likely N-dealkylation sites (tertiary alicyclic amines) is 1. The summed E-state index contributed by atoms with van der Waals surface area (Å²) in [5.41, 5.74) is 14.1. The van der Waals surface area contributed by atoms with E-state index in [0.29, 0.717) is 40.7 Å². The van der Waals surface area contributed by atoms with E-state index in [1.54, 1.807) is 25.2 Å². The van der Waals surface area contributed by atoms with Crippen LogP contribution in [0.1, 0.15) is 67.6 Å². The van der Waals surface area contributed by atoms with Gasteiger partial charge in [-0.05, 0) is 43.0 Å². The molecule has 0 saturated carbocycles. The van der Waals surface area contributed by atoms with Crippen molar-refractivity contribution in [2.45, 2.75) is 52.6 Å². The van der Waals surface area contributed by atoms with Crippen LogP contribution in [0.25, 0.3) is 11.3 Å². The number of nitrogens with one attached hydrogen (secondary N) is 2. The second-order valence-corrected chi connectivity index (χ2v) is 12.8. The molecule has 48 heavy (non-hydrogen) atoms. The number of carbonyl (C=O) groups is 3. The fourth-order valence-corrected chi connectivity index (χ4v) is 5.58. The SMILES string of the molecule is CC(C)C.CNC(=O)c1ccccc1COc1ccc(-c2cc(C3CCN(C(=O)CCNC(=O)CN=C(N)N)CC3)n(C)n2)c(Cl)c1Cl. The maximum Gasteiger partial charge on any atom is 0.251 e. The van der Waals surface area contributed by atoms with Gasteiger partial charge in [-0.2, -0.15) is 5.10 Å². The summed E-state index contributed by atoms with van der Waals surface area (Å²) in [6, 6.07) is 12.8. The number of piperidine rings is 1. The third kappa shape index (κ3) is 10.9. The molecular weight excluding hydrogens is 655 g/mol. The van der Waals surface area contributed by atoms with Crippen LogP contribution in [-0.4, -0.2) is 71.6 Å². The molecule has 0 spiro atoms. The van der Waals surface area contributed by atoms with Crippen molar-refractivity contribution in [1.29, 1.82) is 0 Å². The topological polar surface area (TPSA) is 170 Å². The molecule has 1 aromatic heterocycles. The Morgan fingerprint density at radius 3 is 2.38 bits per heavy atom. The Kier molecular flexibility index (Phi) is 14.6. The van der Waals surface area contributed by atoms with Gasteiger partial charge in [0.1, 0.15) is 23.9 Å². The first kappa shape index (κ1) is 38.2. The number of benzene rings is 2. The van der Waals surface area contributed by atoms with Gasteiger partial charge in [0, 0.05) is 68.5 Å². The van der Waals surface area contributed by atoms with Crippen LogP contribution >= 0.6 is 23.2 Å². The first-order valence-corrected chi connectivity index (χ1v) is 16.6. The zero-order valence-electron chi connectivity index (χ0n) is 28.2. The van der Waals surface area contributed by atoms with Crippen LogP contribution in [0.2, 0.25) is 10.0 Å². The number of halogens is 2. The number of amides is 3. The third-order valence-corrected chi connectivity index (χ3v) is 8.31. The van der Waals surface area contributed by atoms with E-state index >= 15 is 0 Å². The fraction of sp³-hybridized carbons (Fsp3) is 0.441. The minimum Gasteiger partial charge on any atom is -0.487 e. The zero-order chi connectivity index (χ0) is 35.4. The van der Waals surface area contributed by atoms with Crippen LogP contribution in [0.3, 0.4) is 0 Å². The highest BCUT2D eigenvalue weighted by Crippen LogP contribution is 2.40. The van der Waals surface area contributed by atoms with Gasteiger partial charge >= 0.3 is 0 Å². The predicted molar refractivity (Wildman–Crippen MR) is 190 cm³/mol. The monoisotopic (exact) mass is 700 g/mol. The number of aliphatic imine (C=N–C) groups is 1. The van der Waals surface area contributed by atoms with E-state index in [1.165, 1.54) is 0 Å². The molecule has 6 N–H and O–H groups in total. The average molecular weight is 702 g/mol. The first-order valence-electron chi connectivity index (χ1n) is 15.9. The standard InChI is InChI=1S/C30H36Cl2N8O4.C4H10/c1-35-29(43)20-6-4-3-5-19(20)17-44-24-8-7-21(27(31)28(24)32)22-15-23(39(2)38-22)18-10-13-40(14-11-18)26(42)9-12-36-25(41)16-37-30(33)34;1-4(2)3/h3-8,15,18H,9-14,16-17H2,1-2H3,(H,35,43)(H,36,41)(H4,33,34,37);4H,1-3H3. The highest BCUT2D eigenvalue weighted by molar-refractivity contribution is 6.44. The number of carbonyl (C=O) groups excluding carboxylic acids is 3. The van der Waals surface area contributed by atoms with E-state index in [-0.39, 0.29) is 60.7 Å². The summed E-state index contributed by atoms with van der Waals surface area (Å²) in [5.74, 6) is 0.721. The summed E-state index contributed by atoms with van der Waals surface area (Å²) in [4.78, 5) is 42.0. The largest absolute Gasteiger partial charge is 0.487 e. The Hall–Kier alpha value is -4.29. The summed E-state index contributed by atoms with van der Waals surface area (Å²) in [7, 11) is 3.47. The predicted octanol–water partition coefficient (Wildman–Crippen LogP) is 4.48. The number of nitrogens with two attached hydrogens (primary N) is 2. The van der Waals surface area contributed by atoms with Crippen molar-refractivity contribution in [2.75, 3.05) is 33.2 Å². The second-order valence-electron chi connectivity index (χ2n) is 12.1. The maximum absolute atomic E-state index is 12.7. The fourth-order valence-electron chi connectivity index (χ4n) is 5.10. The molecule has 1 saturated heterocycles. The van der Waals surface area contributed by atoms with Crippen LogP contribution in [0.15, 0.2) is 47.5 Å². The average Bonchev–Trinajstić information content (AvgIpc) is 3.44. The first-order chi connectivity index (χ1) is 22.8. The Labute approximate surface area is 292 Å². The maximum atomic E-state index is 12.7. The lowest BCUT2D eigenvalue weighted by atomic mass is 9.92. The summed E-state index contributed by atoms with van der Waals surface area (Å²) >= 11 is 13.3. The molecule has 12 nitrogen and oxygen atoms in total. The van der Waals surface area contributed by atoms with Crippen molar-refractivity contribution in [2.24, 2.45) is 29.4 Å². The molecule has 0 radical (unpaired) electrons. The Morgan fingerprint density at radius 2 is 1.73 bits per heavy atom. The lowest BCUT2D eigenvalue weighted by molar-refractivity contribution is -0.132. The molecule has 14 heteroatoms. The summed E-state index contributed by atoms with van der Waals surface area (Å²) in [6.45, 7) is 7.90. The molecule has 2 aromatic carbocycles. The smallest absolute Gasteiger partial charge is 0.251 e. The van der Waals surface area contributed by atoms with Gasteiger partial charge in [-0.3, -0.25) is 19.1 Å². The lowest BCUT2D eigenvalue weighted by Gasteiger charge is -2.32. The van der Waals surface area contributed by atoms with Gasteiger partial charge in [0.25, 0.3) is 5.91 Å². The number of aromatic nitrogens is 2. The number of hydrogen-bond acceptors (Lipinski definition) is 6. The molecule has 0 aliphatic carbocycles. The number of hydrogen-bond donors (Lipinski definition) is 4. The molecule has 0 bridgehead atoms. The van der Waals surface area contributed by atoms with Gasteiger partial charge in [-0.15, -0.1) is 0 Å². The van der Waals surface area contributed by atoms with E-state index in [9.17, 15) is 14.4 Å². The third-order valence-electron chi connectivity index (χ3n) is 7.44. The minimum absolute atomic E-state index is 0.0165. The van der Waals surface area contributed by atoms with E-state index in [0.717, 1.165) is 30.0 Å². The van der Waals surface area contributed by atoms with Gasteiger partial charge in [-0.1, -0.05) is 62.2 Å². The van der Waals surface area contributed by atoms with Crippen molar-refractivity contribution in [3.8, 4) is 17.0 Å². The van der Waals surface area contributed by atoms with E-state index in [4.69, 9.17) is 44.5 Å². The number of rotatable bonds is 11.